The number of aromatic amines is 1. The maximum atomic E-state index is 14.3. The summed E-state index contributed by atoms with van der Waals surface area (Å²) in [7, 11) is 0. The quantitative estimate of drug-likeness (QED) is 0.679. The van der Waals surface area contributed by atoms with Crippen molar-refractivity contribution < 1.29 is 17.6 Å². The van der Waals surface area contributed by atoms with Gasteiger partial charge in [0.25, 0.3) is 5.56 Å². The Hall–Kier alpha value is -3.14. The summed E-state index contributed by atoms with van der Waals surface area (Å²) in [6.45, 7) is 0.561. The van der Waals surface area contributed by atoms with Crippen LogP contribution < -0.4 is 5.56 Å². The second-order valence-corrected chi connectivity index (χ2v) is 6.70. The van der Waals surface area contributed by atoms with E-state index < -0.39 is 17.6 Å². The minimum atomic E-state index is -4.76. The van der Waals surface area contributed by atoms with Crippen molar-refractivity contribution >= 4 is 0 Å². The van der Waals surface area contributed by atoms with Crippen molar-refractivity contribution in [1.29, 1.82) is 0 Å². The highest BCUT2D eigenvalue weighted by atomic mass is 19.4. The Kier molecular flexibility index (Phi) is 4.87. The van der Waals surface area contributed by atoms with Crippen LogP contribution in [-0.2, 0) is 25.7 Å². The van der Waals surface area contributed by atoms with Crippen LogP contribution in [0.25, 0.3) is 11.4 Å². The topological polar surface area (TPSA) is 74.8 Å². The Bertz CT molecular complexity index is 1100. The average Bonchev–Trinajstić information content (AvgIpc) is 2.69. The average molecular weight is 405 g/mol. The zero-order chi connectivity index (χ0) is 20.6. The van der Waals surface area contributed by atoms with Crippen molar-refractivity contribution in [3.05, 3.63) is 75.5 Å². The maximum Gasteiger partial charge on any atom is 0.419 e. The van der Waals surface area contributed by atoms with E-state index in [1.54, 1.807) is 4.90 Å². The molecule has 1 aromatic carbocycles. The summed E-state index contributed by atoms with van der Waals surface area (Å²) in [5.74, 6) is -0.927. The molecular formula is C19H15F4N5O. The van der Waals surface area contributed by atoms with E-state index in [-0.39, 0.29) is 24.2 Å². The molecule has 1 aliphatic heterocycles. The highest BCUT2D eigenvalue weighted by Gasteiger charge is 2.35. The van der Waals surface area contributed by atoms with Gasteiger partial charge in [-0.05, 0) is 6.07 Å². The van der Waals surface area contributed by atoms with Gasteiger partial charge in [-0.15, -0.1) is 0 Å². The van der Waals surface area contributed by atoms with Gasteiger partial charge in [0.1, 0.15) is 18.0 Å². The number of alkyl halides is 3. The second kappa shape index (κ2) is 7.36. The molecule has 1 N–H and O–H groups in total. The van der Waals surface area contributed by atoms with Gasteiger partial charge >= 0.3 is 6.18 Å². The standard InChI is InChI=1S/C19H15F4N5O/c20-16-11(2-1-3-14(16)19(21,22)23)8-28-5-4-15-13(9-28)18(29)27-17(26-15)12-6-24-10-25-7-12/h1-3,6-7,10H,4-5,8-9H2,(H,26,27,29). The third kappa shape index (κ3) is 3.88. The molecule has 0 bridgehead atoms. The van der Waals surface area contributed by atoms with Crippen molar-refractivity contribution in [2.75, 3.05) is 6.54 Å². The van der Waals surface area contributed by atoms with E-state index in [4.69, 9.17) is 0 Å². The fraction of sp³-hybridized carbons (Fsp3) is 0.263. The molecule has 0 aliphatic carbocycles. The van der Waals surface area contributed by atoms with Gasteiger partial charge in [-0.1, -0.05) is 12.1 Å². The lowest BCUT2D eigenvalue weighted by Gasteiger charge is -2.28. The monoisotopic (exact) mass is 405 g/mol. The largest absolute Gasteiger partial charge is 0.419 e. The zero-order valence-corrected chi connectivity index (χ0v) is 15.0. The summed E-state index contributed by atoms with van der Waals surface area (Å²) in [5.41, 5.74) is -0.103. The number of hydrogen-bond acceptors (Lipinski definition) is 5. The van der Waals surface area contributed by atoms with Crippen molar-refractivity contribution in [1.82, 2.24) is 24.8 Å². The Morgan fingerprint density at radius 2 is 1.93 bits per heavy atom. The number of halogens is 4. The highest BCUT2D eigenvalue weighted by Crippen LogP contribution is 2.33. The zero-order valence-electron chi connectivity index (χ0n) is 15.0. The van der Waals surface area contributed by atoms with Crippen LogP contribution in [0.5, 0.6) is 0 Å². The van der Waals surface area contributed by atoms with E-state index in [9.17, 15) is 22.4 Å². The normalized spacial score (nSPS) is 14.6. The molecule has 3 aromatic rings. The Balaban J connectivity index is 1.58. The molecule has 2 aromatic heterocycles. The number of nitrogens with zero attached hydrogens (tertiary/aromatic N) is 4. The van der Waals surface area contributed by atoms with Crippen molar-refractivity contribution in [3.8, 4) is 11.4 Å². The lowest BCUT2D eigenvalue weighted by molar-refractivity contribution is -0.140. The van der Waals surface area contributed by atoms with Gasteiger partial charge < -0.3 is 4.98 Å². The van der Waals surface area contributed by atoms with E-state index >= 15 is 0 Å². The van der Waals surface area contributed by atoms with E-state index in [2.05, 4.69) is 19.9 Å². The first-order valence-electron chi connectivity index (χ1n) is 8.77. The van der Waals surface area contributed by atoms with Crippen LogP contribution in [0.2, 0.25) is 0 Å². The minimum Gasteiger partial charge on any atom is -0.306 e. The number of benzene rings is 1. The SMILES string of the molecule is O=c1[nH]c(-c2cncnc2)nc2c1CN(Cc1cccc(C(F)(F)F)c1F)CC2. The van der Waals surface area contributed by atoms with Crippen LogP contribution >= 0.6 is 0 Å². The maximum absolute atomic E-state index is 14.3. The summed E-state index contributed by atoms with van der Waals surface area (Å²) in [4.78, 5) is 29.2. The molecule has 0 unspecified atom stereocenters. The summed E-state index contributed by atoms with van der Waals surface area (Å²) < 4.78 is 53.1. The lowest BCUT2D eigenvalue weighted by atomic mass is 10.0. The van der Waals surface area contributed by atoms with Crippen LogP contribution in [0.15, 0.2) is 41.7 Å². The first-order chi connectivity index (χ1) is 13.8. The van der Waals surface area contributed by atoms with Gasteiger partial charge in [0.05, 0.1) is 22.4 Å². The molecule has 0 radical (unpaired) electrons. The van der Waals surface area contributed by atoms with Gasteiger partial charge in [0.2, 0.25) is 0 Å². The van der Waals surface area contributed by atoms with E-state index in [1.165, 1.54) is 30.9 Å². The molecule has 6 nitrogen and oxygen atoms in total. The first kappa shape index (κ1) is 19.2. The van der Waals surface area contributed by atoms with Gasteiger partial charge in [-0.25, -0.2) is 19.3 Å². The molecule has 29 heavy (non-hydrogen) atoms. The summed E-state index contributed by atoms with van der Waals surface area (Å²) in [6.07, 6.45) is 0.0883. The van der Waals surface area contributed by atoms with Crippen LogP contribution in [0.1, 0.15) is 22.4 Å². The third-order valence-electron chi connectivity index (χ3n) is 4.76. The van der Waals surface area contributed by atoms with Crippen LogP contribution in [0.4, 0.5) is 17.6 Å². The van der Waals surface area contributed by atoms with Crippen LogP contribution in [0.3, 0.4) is 0 Å². The molecule has 0 spiro atoms. The molecular weight excluding hydrogens is 390 g/mol. The molecule has 1 aliphatic rings. The molecule has 150 valence electrons. The first-order valence-corrected chi connectivity index (χ1v) is 8.77. The lowest BCUT2D eigenvalue weighted by Crippen LogP contribution is -2.35. The molecule has 0 fully saturated rings. The summed E-state index contributed by atoms with van der Waals surface area (Å²) in [5, 5.41) is 0. The summed E-state index contributed by atoms with van der Waals surface area (Å²) in [6, 6.07) is 3.22. The Morgan fingerprint density at radius 1 is 1.17 bits per heavy atom. The minimum absolute atomic E-state index is 0.0388. The molecule has 3 heterocycles. The molecule has 10 heteroatoms. The van der Waals surface area contributed by atoms with Crippen LogP contribution in [0, 0.1) is 5.82 Å². The van der Waals surface area contributed by atoms with Gasteiger partial charge in [-0.2, -0.15) is 13.2 Å². The number of H-pyrrole nitrogens is 1. The van der Waals surface area contributed by atoms with Crippen molar-refractivity contribution in [3.63, 3.8) is 0 Å². The number of hydrogen-bond donors (Lipinski definition) is 1. The Labute approximate surface area is 162 Å². The molecule has 0 atom stereocenters. The van der Waals surface area contributed by atoms with E-state index in [0.717, 1.165) is 0 Å². The molecule has 0 amide bonds. The van der Waals surface area contributed by atoms with E-state index in [1.807, 2.05) is 0 Å². The van der Waals surface area contributed by atoms with Crippen molar-refractivity contribution in [2.24, 2.45) is 0 Å². The predicted molar refractivity (Wildman–Crippen MR) is 95.1 cm³/mol. The summed E-state index contributed by atoms with van der Waals surface area (Å²) >= 11 is 0. The smallest absolute Gasteiger partial charge is 0.306 e. The number of aromatic nitrogens is 4. The third-order valence-corrected chi connectivity index (χ3v) is 4.76. The van der Waals surface area contributed by atoms with Gasteiger partial charge in [0.15, 0.2) is 0 Å². The Morgan fingerprint density at radius 3 is 2.66 bits per heavy atom. The number of fused-ring (bicyclic) bond motifs is 1. The van der Waals surface area contributed by atoms with E-state index in [0.29, 0.717) is 41.7 Å². The molecule has 0 saturated carbocycles. The van der Waals surface area contributed by atoms with Gasteiger partial charge in [0, 0.05) is 44.0 Å². The fourth-order valence-corrected chi connectivity index (χ4v) is 3.34. The number of nitrogens with one attached hydrogen (secondary N) is 1. The number of rotatable bonds is 3. The fourth-order valence-electron chi connectivity index (χ4n) is 3.34. The second-order valence-electron chi connectivity index (χ2n) is 6.70. The highest BCUT2D eigenvalue weighted by molar-refractivity contribution is 5.52. The van der Waals surface area contributed by atoms with Gasteiger partial charge in [-0.3, -0.25) is 9.69 Å². The molecule has 0 saturated heterocycles. The van der Waals surface area contributed by atoms with Crippen LogP contribution in [-0.4, -0.2) is 31.4 Å². The molecule has 4 rings (SSSR count). The predicted octanol–water partition coefficient (Wildman–Crippen LogP) is 2.94. The van der Waals surface area contributed by atoms with Crippen molar-refractivity contribution in [2.45, 2.75) is 25.7 Å².